The lowest BCUT2D eigenvalue weighted by Gasteiger charge is -2.44. The monoisotopic (exact) mass is 291 g/mol. The lowest BCUT2D eigenvalue weighted by atomic mass is 9.78. The van der Waals surface area contributed by atoms with Gasteiger partial charge in [0, 0.05) is 6.04 Å². The minimum atomic E-state index is -0.336. The number of nitrogens with one attached hydrogen (secondary N) is 1. The Morgan fingerprint density at radius 2 is 2.00 bits per heavy atom. The highest BCUT2D eigenvalue weighted by Crippen LogP contribution is 2.35. The van der Waals surface area contributed by atoms with Gasteiger partial charge in [-0.05, 0) is 77.4 Å². The summed E-state index contributed by atoms with van der Waals surface area (Å²) in [4.78, 5) is 2.74. The van der Waals surface area contributed by atoms with Crippen LogP contribution in [-0.2, 0) is 0 Å². The lowest BCUT2D eigenvalue weighted by molar-refractivity contribution is 0.0585. The van der Waals surface area contributed by atoms with Gasteiger partial charge in [-0.15, -0.1) is 0 Å². The molecule has 0 aromatic carbocycles. The van der Waals surface area contributed by atoms with Gasteiger partial charge in [0.1, 0.15) is 5.54 Å². The van der Waals surface area contributed by atoms with Gasteiger partial charge in [0.15, 0.2) is 0 Å². The molecule has 1 saturated heterocycles. The molecule has 3 atom stereocenters. The summed E-state index contributed by atoms with van der Waals surface area (Å²) in [6.07, 6.45) is 11.8. The second-order valence-corrected chi connectivity index (χ2v) is 7.26. The number of rotatable bonds is 7. The Morgan fingerprint density at radius 1 is 1.24 bits per heavy atom. The maximum absolute atomic E-state index is 9.41. The predicted octanol–water partition coefficient (Wildman–Crippen LogP) is 3.70. The second-order valence-electron chi connectivity index (χ2n) is 7.26. The van der Waals surface area contributed by atoms with E-state index < -0.39 is 0 Å². The number of fused-ring (bicyclic) bond motifs is 1. The average molecular weight is 291 g/mol. The Labute approximate surface area is 131 Å². The molecule has 1 aliphatic carbocycles. The van der Waals surface area contributed by atoms with E-state index in [0.717, 1.165) is 37.8 Å². The maximum Gasteiger partial charge on any atom is 0.103 e. The molecule has 1 aliphatic heterocycles. The first-order chi connectivity index (χ1) is 10.2. The Hall–Kier alpha value is -0.590. The van der Waals surface area contributed by atoms with Crippen LogP contribution in [0.3, 0.4) is 0 Å². The molecule has 1 heterocycles. The van der Waals surface area contributed by atoms with Gasteiger partial charge in [0.05, 0.1) is 6.07 Å². The van der Waals surface area contributed by atoms with Crippen LogP contribution in [-0.4, -0.2) is 36.1 Å². The molecule has 2 rings (SSSR count). The van der Waals surface area contributed by atoms with Crippen LogP contribution in [0, 0.1) is 17.2 Å². The van der Waals surface area contributed by atoms with Gasteiger partial charge < -0.3 is 4.90 Å². The van der Waals surface area contributed by atoms with E-state index in [-0.39, 0.29) is 5.54 Å². The molecule has 0 radical (unpaired) electrons. The average Bonchev–Trinajstić information content (AvgIpc) is 2.53. The van der Waals surface area contributed by atoms with E-state index in [1.54, 1.807) is 0 Å². The van der Waals surface area contributed by atoms with Crippen LogP contribution in [0.1, 0.15) is 71.6 Å². The molecular weight excluding hydrogens is 258 g/mol. The molecule has 0 amide bonds. The summed E-state index contributed by atoms with van der Waals surface area (Å²) in [6, 6.07) is 3.33. The van der Waals surface area contributed by atoms with Crippen molar-refractivity contribution in [3.63, 3.8) is 0 Å². The van der Waals surface area contributed by atoms with E-state index in [1.165, 1.54) is 51.6 Å². The van der Waals surface area contributed by atoms with Gasteiger partial charge in [-0.1, -0.05) is 19.8 Å². The predicted molar refractivity (Wildman–Crippen MR) is 88.1 cm³/mol. The third-order valence-corrected chi connectivity index (χ3v) is 5.49. The molecule has 0 aromatic rings. The quantitative estimate of drug-likeness (QED) is 0.777. The first kappa shape index (κ1) is 16.8. The molecular formula is C18H33N3. The first-order valence-electron chi connectivity index (χ1n) is 9.09. The summed E-state index contributed by atoms with van der Waals surface area (Å²) in [5.41, 5.74) is -0.336. The van der Waals surface area contributed by atoms with Crippen molar-refractivity contribution in [2.75, 3.05) is 19.6 Å². The molecule has 3 heteroatoms. The summed E-state index contributed by atoms with van der Waals surface area (Å²) >= 11 is 0. The van der Waals surface area contributed by atoms with Crippen molar-refractivity contribution in [3.8, 4) is 6.07 Å². The standard InChI is InChI=1S/C18H33N3/c1-3-12-20-18(2,15-19)11-7-14-21-13-6-9-16-8-4-5-10-17(16)21/h16-17,20H,3-14H2,1-2H3. The van der Waals surface area contributed by atoms with Gasteiger partial charge in [-0.25, -0.2) is 0 Å². The van der Waals surface area contributed by atoms with Crippen molar-refractivity contribution in [2.45, 2.75) is 83.2 Å². The van der Waals surface area contributed by atoms with Crippen molar-refractivity contribution in [2.24, 2.45) is 5.92 Å². The third-order valence-electron chi connectivity index (χ3n) is 5.49. The highest BCUT2D eigenvalue weighted by Gasteiger charge is 2.33. The minimum Gasteiger partial charge on any atom is -0.300 e. The SMILES string of the molecule is CCCNC(C)(C#N)CCCN1CCCC2CCCCC21. The zero-order valence-electron chi connectivity index (χ0n) is 14.0. The summed E-state index contributed by atoms with van der Waals surface area (Å²) in [6.45, 7) is 7.63. The summed E-state index contributed by atoms with van der Waals surface area (Å²) < 4.78 is 0. The molecule has 0 aromatic heterocycles. The Bertz CT molecular complexity index is 347. The van der Waals surface area contributed by atoms with Gasteiger partial charge in [-0.2, -0.15) is 5.26 Å². The molecule has 0 bridgehead atoms. The van der Waals surface area contributed by atoms with Crippen LogP contribution in [0.4, 0.5) is 0 Å². The zero-order chi connectivity index (χ0) is 15.1. The normalized spacial score (nSPS) is 29.4. The second kappa shape index (κ2) is 8.15. The number of likely N-dealkylation sites (tertiary alicyclic amines) is 1. The molecule has 3 nitrogen and oxygen atoms in total. The van der Waals surface area contributed by atoms with Crippen LogP contribution in [0.5, 0.6) is 0 Å². The van der Waals surface area contributed by atoms with Crippen LogP contribution >= 0.6 is 0 Å². The smallest absolute Gasteiger partial charge is 0.103 e. The fourth-order valence-electron chi connectivity index (χ4n) is 4.23. The van der Waals surface area contributed by atoms with E-state index in [4.69, 9.17) is 0 Å². The van der Waals surface area contributed by atoms with E-state index >= 15 is 0 Å². The fraction of sp³-hybridized carbons (Fsp3) is 0.944. The van der Waals surface area contributed by atoms with E-state index in [1.807, 2.05) is 0 Å². The van der Waals surface area contributed by atoms with Crippen molar-refractivity contribution in [3.05, 3.63) is 0 Å². The van der Waals surface area contributed by atoms with Crippen molar-refractivity contribution >= 4 is 0 Å². The molecule has 1 saturated carbocycles. The van der Waals surface area contributed by atoms with Crippen LogP contribution in [0.15, 0.2) is 0 Å². The van der Waals surface area contributed by atoms with Gasteiger partial charge in [0.25, 0.3) is 0 Å². The number of piperidine rings is 1. The van der Waals surface area contributed by atoms with Crippen molar-refractivity contribution in [1.82, 2.24) is 10.2 Å². The van der Waals surface area contributed by atoms with Gasteiger partial charge >= 0.3 is 0 Å². The number of nitriles is 1. The first-order valence-corrected chi connectivity index (χ1v) is 9.09. The topological polar surface area (TPSA) is 39.1 Å². The molecule has 3 unspecified atom stereocenters. The third kappa shape index (κ3) is 4.69. The molecule has 2 aliphatic rings. The molecule has 1 N–H and O–H groups in total. The molecule has 120 valence electrons. The largest absolute Gasteiger partial charge is 0.300 e. The Morgan fingerprint density at radius 3 is 2.76 bits per heavy atom. The molecule has 2 fully saturated rings. The summed E-state index contributed by atoms with van der Waals surface area (Å²) in [5, 5.41) is 12.8. The lowest BCUT2D eigenvalue weighted by Crippen LogP contribution is -2.48. The Balaban J connectivity index is 1.77. The van der Waals surface area contributed by atoms with Crippen LogP contribution in [0.25, 0.3) is 0 Å². The van der Waals surface area contributed by atoms with Crippen LogP contribution < -0.4 is 5.32 Å². The summed E-state index contributed by atoms with van der Waals surface area (Å²) in [5.74, 6) is 0.966. The van der Waals surface area contributed by atoms with Crippen LogP contribution in [0.2, 0.25) is 0 Å². The van der Waals surface area contributed by atoms with E-state index in [2.05, 4.69) is 30.1 Å². The number of hydrogen-bond donors (Lipinski definition) is 1. The Kier molecular flexibility index (Phi) is 6.51. The number of nitrogens with zero attached hydrogens (tertiary/aromatic N) is 2. The molecule has 0 spiro atoms. The zero-order valence-corrected chi connectivity index (χ0v) is 14.0. The minimum absolute atomic E-state index is 0.336. The van der Waals surface area contributed by atoms with Gasteiger partial charge in [0.2, 0.25) is 0 Å². The highest BCUT2D eigenvalue weighted by molar-refractivity contribution is 5.03. The van der Waals surface area contributed by atoms with E-state index in [9.17, 15) is 5.26 Å². The van der Waals surface area contributed by atoms with Crippen molar-refractivity contribution in [1.29, 1.82) is 5.26 Å². The van der Waals surface area contributed by atoms with Gasteiger partial charge in [-0.3, -0.25) is 5.32 Å². The summed E-state index contributed by atoms with van der Waals surface area (Å²) in [7, 11) is 0. The highest BCUT2D eigenvalue weighted by atomic mass is 15.2. The fourth-order valence-corrected chi connectivity index (χ4v) is 4.23. The molecule has 21 heavy (non-hydrogen) atoms. The van der Waals surface area contributed by atoms with Crippen molar-refractivity contribution < 1.29 is 0 Å². The number of hydrogen-bond acceptors (Lipinski definition) is 3. The van der Waals surface area contributed by atoms with E-state index in [0.29, 0.717) is 0 Å². The maximum atomic E-state index is 9.41.